The first-order valence-electron chi connectivity index (χ1n) is 6.96. The smallest absolute Gasteiger partial charge is 0.123 e. The van der Waals surface area contributed by atoms with Crippen LogP contribution in [0, 0.1) is 5.82 Å². The van der Waals surface area contributed by atoms with Crippen LogP contribution in [-0.4, -0.2) is 9.97 Å². The molecule has 0 aliphatic rings. The first-order valence-corrected chi connectivity index (χ1v) is 6.96. The van der Waals surface area contributed by atoms with Crippen molar-refractivity contribution in [1.29, 1.82) is 0 Å². The lowest BCUT2D eigenvalue weighted by atomic mass is 10.1. The van der Waals surface area contributed by atoms with Gasteiger partial charge in [-0.25, -0.2) is 4.39 Å². The quantitative estimate of drug-likeness (QED) is 0.545. The van der Waals surface area contributed by atoms with E-state index in [9.17, 15) is 4.39 Å². The SMILES string of the molecule is Fc1ccc(Nc2cnc3c(ccc4cccnc43)c2)cc1. The van der Waals surface area contributed by atoms with Gasteiger partial charge in [-0.15, -0.1) is 0 Å². The van der Waals surface area contributed by atoms with Crippen molar-refractivity contribution < 1.29 is 4.39 Å². The standard InChI is InChI=1S/C18H12FN3/c19-14-5-7-15(8-6-14)22-16-10-13-4-3-12-2-1-9-20-17(12)18(13)21-11-16/h1-11,22H. The molecule has 0 fully saturated rings. The molecule has 0 unspecified atom stereocenters. The maximum atomic E-state index is 12.9. The molecular formula is C18H12FN3. The Morgan fingerprint density at radius 3 is 2.41 bits per heavy atom. The van der Waals surface area contributed by atoms with E-state index in [4.69, 9.17) is 0 Å². The summed E-state index contributed by atoms with van der Waals surface area (Å²) in [5.74, 6) is -0.250. The molecule has 1 N–H and O–H groups in total. The van der Waals surface area contributed by atoms with Crippen LogP contribution >= 0.6 is 0 Å². The van der Waals surface area contributed by atoms with E-state index >= 15 is 0 Å². The second kappa shape index (κ2) is 5.07. The van der Waals surface area contributed by atoms with Gasteiger partial charge in [-0.3, -0.25) is 9.97 Å². The van der Waals surface area contributed by atoms with Crippen LogP contribution in [0.3, 0.4) is 0 Å². The first-order chi connectivity index (χ1) is 10.8. The Hall–Kier alpha value is -3.01. The monoisotopic (exact) mass is 289 g/mol. The lowest BCUT2D eigenvalue weighted by Gasteiger charge is -2.08. The summed E-state index contributed by atoms with van der Waals surface area (Å²) in [5.41, 5.74) is 3.45. The number of aromatic nitrogens is 2. The number of nitrogens with one attached hydrogen (secondary N) is 1. The van der Waals surface area contributed by atoms with Crippen LogP contribution in [-0.2, 0) is 0 Å². The van der Waals surface area contributed by atoms with Crippen LogP contribution in [0.25, 0.3) is 21.8 Å². The molecule has 4 heteroatoms. The van der Waals surface area contributed by atoms with Crippen molar-refractivity contribution in [3.8, 4) is 0 Å². The predicted molar refractivity (Wildman–Crippen MR) is 86.7 cm³/mol. The van der Waals surface area contributed by atoms with Crippen LogP contribution in [0.5, 0.6) is 0 Å². The minimum atomic E-state index is -0.250. The fourth-order valence-corrected chi connectivity index (χ4v) is 2.50. The zero-order chi connectivity index (χ0) is 14.9. The largest absolute Gasteiger partial charge is 0.354 e. The van der Waals surface area contributed by atoms with E-state index in [1.165, 1.54) is 12.1 Å². The highest BCUT2D eigenvalue weighted by atomic mass is 19.1. The van der Waals surface area contributed by atoms with E-state index in [0.717, 1.165) is 33.2 Å². The van der Waals surface area contributed by atoms with Gasteiger partial charge in [-0.1, -0.05) is 18.2 Å². The van der Waals surface area contributed by atoms with Gasteiger partial charge >= 0.3 is 0 Å². The topological polar surface area (TPSA) is 37.8 Å². The molecule has 22 heavy (non-hydrogen) atoms. The molecule has 0 amide bonds. The van der Waals surface area contributed by atoms with Gasteiger partial charge in [0.25, 0.3) is 0 Å². The Bertz CT molecular complexity index is 965. The van der Waals surface area contributed by atoms with E-state index in [1.54, 1.807) is 24.5 Å². The van der Waals surface area contributed by atoms with Crippen molar-refractivity contribution in [2.24, 2.45) is 0 Å². The summed E-state index contributed by atoms with van der Waals surface area (Å²) < 4.78 is 12.9. The molecule has 2 heterocycles. The van der Waals surface area contributed by atoms with Crippen LogP contribution in [0.2, 0.25) is 0 Å². The number of hydrogen-bond acceptors (Lipinski definition) is 3. The molecule has 4 aromatic rings. The van der Waals surface area contributed by atoms with Gasteiger partial charge in [-0.2, -0.15) is 0 Å². The Morgan fingerprint density at radius 1 is 0.773 bits per heavy atom. The number of fused-ring (bicyclic) bond motifs is 3. The molecule has 0 bridgehead atoms. The van der Waals surface area contributed by atoms with Crippen molar-refractivity contribution in [3.05, 3.63) is 72.8 Å². The molecular weight excluding hydrogens is 277 g/mol. The summed E-state index contributed by atoms with van der Waals surface area (Å²) in [6.07, 6.45) is 3.54. The van der Waals surface area contributed by atoms with E-state index < -0.39 is 0 Å². The fraction of sp³-hybridized carbons (Fsp3) is 0. The molecule has 0 saturated heterocycles. The second-order valence-electron chi connectivity index (χ2n) is 5.07. The van der Waals surface area contributed by atoms with Crippen LogP contribution in [0.4, 0.5) is 15.8 Å². The van der Waals surface area contributed by atoms with E-state index in [1.807, 2.05) is 30.3 Å². The summed E-state index contributed by atoms with van der Waals surface area (Å²) in [5, 5.41) is 5.31. The predicted octanol–water partition coefficient (Wildman–Crippen LogP) is 4.67. The van der Waals surface area contributed by atoms with Crippen molar-refractivity contribution in [1.82, 2.24) is 9.97 Å². The van der Waals surface area contributed by atoms with Crippen molar-refractivity contribution in [2.45, 2.75) is 0 Å². The summed E-state index contributed by atoms with van der Waals surface area (Å²) in [7, 11) is 0. The summed E-state index contributed by atoms with van der Waals surface area (Å²) in [4.78, 5) is 8.93. The van der Waals surface area contributed by atoms with Gasteiger partial charge in [0.05, 0.1) is 22.9 Å². The molecule has 2 aromatic carbocycles. The third-order valence-corrected chi connectivity index (χ3v) is 3.56. The second-order valence-corrected chi connectivity index (χ2v) is 5.07. The number of benzene rings is 2. The molecule has 3 nitrogen and oxygen atoms in total. The highest BCUT2D eigenvalue weighted by Gasteiger charge is 2.04. The van der Waals surface area contributed by atoms with Gasteiger partial charge in [0.1, 0.15) is 5.82 Å². The lowest BCUT2D eigenvalue weighted by Crippen LogP contribution is -1.92. The molecule has 2 aromatic heterocycles. The van der Waals surface area contributed by atoms with Gasteiger partial charge in [0, 0.05) is 22.7 Å². The zero-order valence-corrected chi connectivity index (χ0v) is 11.6. The Labute approximate surface area is 126 Å². The van der Waals surface area contributed by atoms with Gasteiger partial charge < -0.3 is 5.32 Å². The van der Waals surface area contributed by atoms with E-state index in [2.05, 4.69) is 15.3 Å². The number of pyridine rings is 2. The van der Waals surface area contributed by atoms with Crippen LogP contribution in [0.1, 0.15) is 0 Å². The maximum Gasteiger partial charge on any atom is 0.123 e. The maximum absolute atomic E-state index is 12.9. The number of anilines is 2. The highest BCUT2D eigenvalue weighted by Crippen LogP contribution is 2.25. The number of nitrogens with zero attached hydrogens (tertiary/aromatic N) is 2. The van der Waals surface area contributed by atoms with Crippen LogP contribution < -0.4 is 5.32 Å². The summed E-state index contributed by atoms with van der Waals surface area (Å²) in [6, 6.07) is 16.3. The van der Waals surface area contributed by atoms with Gasteiger partial charge in [-0.05, 0) is 36.4 Å². The van der Waals surface area contributed by atoms with Crippen LogP contribution in [0.15, 0.2) is 67.0 Å². The first kappa shape index (κ1) is 12.7. The summed E-state index contributed by atoms with van der Waals surface area (Å²) in [6.45, 7) is 0. The van der Waals surface area contributed by atoms with Gasteiger partial charge in [0.15, 0.2) is 0 Å². The normalized spacial score (nSPS) is 11.0. The molecule has 0 aliphatic heterocycles. The number of halogens is 1. The Morgan fingerprint density at radius 2 is 1.55 bits per heavy atom. The van der Waals surface area contributed by atoms with Gasteiger partial charge in [0.2, 0.25) is 0 Å². The molecule has 0 atom stereocenters. The molecule has 0 aliphatic carbocycles. The average Bonchev–Trinajstić information content (AvgIpc) is 2.57. The number of rotatable bonds is 2. The third-order valence-electron chi connectivity index (χ3n) is 3.56. The molecule has 106 valence electrons. The third kappa shape index (κ3) is 2.24. The number of hydrogen-bond donors (Lipinski definition) is 1. The lowest BCUT2D eigenvalue weighted by molar-refractivity contribution is 0.628. The van der Waals surface area contributed by atoms with E-state index in [-0.39, 0.29) is 5.82 Å². The van der Waals surface area contributed by atoms with Crippen molar-refractivity contribution >= 4 is 33.2 Å². The van der Waals surface area contributed by atoms with Crippen molar-refractivity contribution in [2.75, 3.05) is 5.32 Å². The summed E-state index contributed by atoms with van der Waals surface area (Å²) >= 11 is 0. The zero-order valence-electron chi connectivity index (χ0n) is 11.6. The Balaban J connectivity index is 1.77. The molecule has 0 radical (unpaired) electrons. The minimum absolute atomic E-state index is 0.250. The molecule has 4 rings (SSSR count). The molecule has 0 saturated carbocycles. The Kier molecular flexibility index (Phi) is 2.93. The van der Waals surface area contributed by atoms with E-state index in [0.29, 0.717) is 0 Å². The average molecular weight is 289 g/mol. The minimum Gasteiger partial charge on any atom is -0.354 e. The highest BCUT2D eigenvalue weighted by molar-refractivity contribution is 6.03. The van der Waals surface area contributed by atoms with Crippen molar-refractivity contribution in [3.63, 3.8) is 0 Å². The fourth-order valence-electron chi connectivity index (χ4n) is 2.50. The molecule has 0 spiro atoms.